The fourth-order valence-electron chi connectivity index (χ4n) is 0.437. The Morgan fingerprint density at radius 2 is 2.42 bits per heavy atom. The van der Waals surface area contributed by atoms with Gasteiger partial charge in [0, 0.05) is 6.08 Å². The van der Waals surface area contributed by atoms with Crippen molar-refractivity contribution in [3.63, 3.8) is 0 Å². The zero-order valence-electron chi connectivity index (χ0n) is 6.49. The average molecular weight is 167 g/mol. The molecule has 0 saturated heterocycles. The van der Waals surface area contributed by atoms with Crippen molar-refractivity contribution >= 4 is 5.97 Å². The second-order valence-corrected chi connectivity index (χ2v) is 1.85. The molecule has 4 nitrogen and oxygen atoms in total. The minimum absolute atomic E-state index is 0.0573. The van der Waals surface area contributed by atoms with Crippen molar-refractivity contribution in [1.29, 1.82) is 5.26 Å². The largest absolute Gasteiger partial charge is 0.460 e. The van der Waals surface area contributed by atoms with Crippen LogP contribution in [0.2, 0.25) is 0 Å². The quantitative estimate of drug-likeness (QED) is 0.280. The third kappa shape index (κ3) is 4.25. The predicted octanol–water partition coefficient (Wildman–Crippen LogP) is 0.158. The van der Waals surface area contributed by atoms with Crippen molar-refractivity contribution in [2.24, 2.45) is 0 Å². The number of carbonyl (C=O) groups excluding carboxylic acids is 1. The maximum Gasteiger partial charge on any atom is 0.337 e. The molecule has 1 N–H and O–H groups in total. The van der Waals surface area contributed by atoms with E-state index in [1.165, 1.54) is 6.08 Å². The second kappa shape index (κ2) is 6.13. The summed E-state index contributed by atoms with van der Waals surface area (Å²) < 4.78 is 4.50. The summed E-state index contributed by atoms with van der Waals surface area (Å²) in [4.78, 5) is 10.8. The first-order valence-corrected chi connectivity index (χ1v) is 3.25. The topological polar surface area (TPSA) is 70.3 Å². The van der Waals surface area contributed by atoms with Crippen LogP contribution in [0.4, 0.5) is 0 Å². The van der Waals surface area contributed by atoms with Crippen molar-refractivity contribution in [1.82, 2.24) is 0 Å². The van der Waals surface area contributed by atoms with Gasteiger partial charge >= 0.3 is 5.97 Å². The van der Waals surface area contributed by atoms with Gasteiger partial charge in [-0.05, 0) is 6.08 Å². The van der Waals surface area contributed by atoms with Crippen molar-refractivity contribution in [3.8, 4) is 6.07 Å². The van der Waals surface area contributed by atoms with Gasteiger partial charge in [0.05, 0.1) is 18.2 Å². The summed E-state index contributed by atoms with van der Waals surface area (Å²) in [5, 5.41) is 16.4. The van der Waals surface area contributed by atoms with Gasteiger partial charge in [0.15, 0.2) is 0 Å². The summed E-state index contributed by atoms with van der Waals surface area (Å²) in [6, 6.07) is 1.71. The molecule has 0 aromatic rings. The van der Waals surface area contributed by atoms with Gasteiger partial charge in [0.1, 0.15) is 6.61 Å². The zero-order chi connectivity index (χ0) is 9.40. The molecule has 0 rings (SSSR count). The van der Waals surface area contributed by atoms with Gasteiger partial charge in [-0.25, -0.2) is 4.79 Å². The lowest BCUT2D eigenvalue weighted by atomic mass is 10.3. The van der Waals surface area contributed by atoms with Crippen LogP contribution in [0.15, 0.2) is 24.3 Å². The molecule has 64 valence electrons. The standard InChI is InChI=1S/C8H9NO3/c1-7(3-2-4-9)8(11)12-6-5-10/h2-3,10H,1,5-6H2. The summed E-state index contributed by atoms with van der Waals surface area (Å²) in [7, 11) is 0. The Morgan fingerprint density at radius 1 is 1.75 bits per heavy atom. The van der Waals surface area contributed by atoms with E-state index in [4.69, 9.17) is 10.4 Å². The highest BCUT2D eigenvalue weighted by Gasteiger charge is 2.03. The van der Waals surface area contributed by atoms with E-state index in [0.717, 1.165) is 6.08 Å². The molecule has 0 aliphatic rings. The van der Waals surface area contributed by atoms with E-state index < -0.39 is 5.97 Å². The van der Waals surface area contributed by atoms with E-state index in [1.54, 1.807) is 6.07 Å². The maximum atomic E-state index is 10.8. The van der Waals surface area contributed by atoms with Gasteiger partial charge in [-0.1, -0.05) is 6.58 Å². The lowest BCUT2D eigenvalue weighted by molar-refractivity contribution is -0.139. The number of aliphatic hydroxyl groups excluding tert-OH is 1. The molecule has 0 fully saturated rings. The number of ether oxygens (including phenoxy) is 1. The van der Waals surface area contributed by atoms with E-state index in [2.05, 4.69) is 11.3 Å². The van der Waals surface area contributed by atoms with Gasteiger partial charge < -0.3 is 9.84 Å². The molecule has 0 radical (unpaired) electrons. The molecule has 0 unspecified atom stereocenters. The van der Waals surface area contributed by atoms with Gasteiger partial charge in [-0.2, -0.15) is 5.26 Å². The molecule has 0 aromatic heterocycles. The van der Waals surface area contributed by atoms with Gasteiger partial charge in [0.25, 0.3) is 0 Å². The van der Waals surface area contributed by atoms with Gasteiger partial charge in [0.2, 0.25) is 0 Å². The molecule has 0 heterocycles. The predicted molar refractivity (Wildman–Crippen MR) is 41.9 cm³/mol. The Hall–Kier alpha value is -1.60. The highest BCUT2D eigenvalue weighted by atomic mass is 16.5. The van der Waals surface area contributed by atoms with Crippen LogP contribution >= 0.6 is 0 Å². The van der Waals surface area contributed by atoms with Crippen molar-refractivity contribution < 1.29 is 14.6 Å². The maximum absolute atomic E-state index is 10.8. The summed E-state index contributed by atoms with van der Waals surface area (Å²) >= 11 is 0. The number of carbonyl (C=O) groups is 1. The number of hydrogen-bond acceptors (Lipinski definition) is 4. The first kappa shape index (κ1) is 10.4. The van der Waals surface area contributed by atoms with Crippen LogP contribution in [-0.4, -0.2) is 24.3 Å². The molecule has 0 aliphatic carbocycles. The highest BCUT2D eigenvalue weighted by molar-refractivity contribution is 5.90. The molecule has 0 atom stereocenters. The second-order valence-electron chi connectivity index (χ2n) is 1.85. The first-order valence-electron chi connectivity index (χ1n) is 3.25. The van der Waals surface area contributed by atoms with Crippen LogP contribution in [0, 0.1) is 11.3 Å². The molecule has 0 spiro atoms. The lowest BCUT2D eigenvalue weighted by Gasteiger charge is -2.00. The Morgan fingerprint density at radius 3 is 2.92 bits per heavy atom. The molecular weight excluding hydrogens is 158 g/mol. The number of allylic oxidation sites excluding steroid dienone is 1. The summed E-state index contributed by atoms with van der Waals surface area (Å²) in [6.07, 6.45) is 2.38. The Balaban J connectivity index is 3.87. The minimum atomic E-state index is -0.629. The number of hydrogen-bond donors (Lipinski definition) is 1. The fraction of sp³-hybridized carbons (Fsp3) is 0.250. The Bertz CT molecular complexity index is 237. The van der Waals surface area contributed by atoms with Crippen LogP contribution in [0.25, 0.3) is 0 Å². The number of nitriles is 1. The van der Waals surface area contributed by atoms with Crippen LogP contribution in [0.1, 0.15) is 0 Å². The van der Waals surface area contributed by atoms with Crippen LogP contribution in [0.3, 0.4) is 0 Å². The summed E-state index contributed by atoms with van der Waals surface area (Å²) in [5.41, 5.74) is 0.0880. The van der Waals surface area contributed by atoms with E-state index in [0.29, 0.717) is 0 Å². The molecule has 12 heavy (non-hydrogen) atoms. The molecule has 0 saturated carbocycles. The van der Waals surface area contributed by atoms with E-state index >= 15 is 0 Å². The van der Waals surface area contributed by atoms with Crippen LogP contribution in [-0.2, 0) is 9.53 Å². The number of rotatable bonds is 4. The number of aliphatic hydroxyl groups is 1. The summed E-state index contributed by atoms with van der Waals surface area (Å²) in [6.45, 7) is 3.07. The normalized spacial score (nSPS) is 9.33. The molecule has 0 bridgehead atoms. The molecule has 0 aliphatic heterocycles. The lowest BCUT2D eigenvalue weighted by Crippen LogP contribution is -2.08. The minimum Gasteiger partial charge on any atom is -0.460 e. The van der Waals surface area contributed by atoms with Crippen molar-refractivity contribution in [2.75, 3.05) is 13.2 Å². The number of nitrogens with zero attached hydrogens (tertiary/aromatic N) is 1. The van der Waals surface area contributed by atoms with E-state index in [-0.39, 0.29) is 18.8 Å². The zero-order valence-corrected chi connectivity index (χ0v) is 6.49. The molecule has 0 aromatic carbocycles. The van der Waals surface area contributed by atoms with Crippen molar-refractivity contribution in [2.45, 2.75) is 0 Å². The highest BCUT2D eigenvalue weighted by Crippen LogP contribution is 1.95. The van der Waals surface area contributed by atoms with E-state index in [1.807, 2.05) is 0 Å². The summed E-state index contributed by atoms with van der Waals surface area (Å²) in [5.74, 6) is -0.629. The number of esters is 1. The average Bonchev–Trinajstić information content (AvgIpc) is 2.10. The Kier molecular flexibility index (Phi) is 5.31. The molecule has 4 heteroatoms. The fourth-order valence-corrected chi connectivity index (χ4v) is 0.437. The van der Waals surface area contributed by atoms with Crippen molar-refractivity contribution in [3.05, 3.63) is 24.3 Å². The van der Waals surface area contributed by atoms with Gasteiger partial charge in [-0.15, -0.1) is 0 Å². The third-order valence-corrected chi connectivity index (χ3v) is 0.946. The molecule has 0 amide bonds. The monoisotopic (exact) mass is 167 g/mol. The molecular formula is C8H9NO3. The van der Waals surface area contributed by atoms with E-state index in [9.17, 15) is 4.79 Å². The Labute approximate surface area is 70.4 Å². The smallest absolute Gasteiger partial charge is 0.337 e. The van der Waals surface area contributed by atoms with Crippen LogP contribution in [0.5, 0.6) is 0 Å². The first-order chi connectivity index (χ1) is 5.72. The SMILES string of the molecule is C=C(C=CC#N)C(=O)OCCO. The van der Waals surface area contributed by atoms with Crippen LogP contribution < -0.4 is 0 Å². The van der Waals surface area contributed by atoms with Gasteiger partial charge in [-0.3, -0.25) is 0 Å². The third-order valence-electron chi connectivity index (χ3n) is 0.946.